The van der Waals surface area contributed by atoms with E-state index in [0.717, 1.165) is 0 Å². The molecule has 0 aliphatic rings. The number of rotatable bonds is 6. The number of nitrogens with zero attached hydrogens (tertiary/aromatic N) is 3. The molecule has 0 aliphatic heterocycles. The van der Waals surface area contributed by atoms with Crippen molar-refractivity contribution in [2.75, 3.05) is 13.7 Å². The molecule has 0 atom stereocenters. The number of hydrogen-bond donors (Lipinski definition) is 1. The molecular weight excluding hydrogens is 288 g/mol. The molecule has 6 nitrogen and oxygen atoms in total. The van der Waals surface area contributed by atoms with Crippen molar-refractivity contribution in [3.05, 3.63) is 33.5 Å². The van der Waals surface area contributed by atoms with Gasteiger partial charge in [-0.25, -0.2) is 0 Å². The van der Waals surface area contributed by atoms with E-state index < -0.39 is 0 Å². The molecule has 2 aromatic rings. The van der Waals surface area contributed by atoms with Gasteiger partial charge in [-0.05, 0) is 30.3 Å². The zero-order chi connectivity index (χ0) is 15.4. The lowest BCUT2D eigenvalue weighted by molar-refractivity contribution is 0.187. The number of pyridine rings is 1. The van der Waals surface area contributed by atoms with E-state index in [4.69, 9.17) is 17.0 Å². The second-order valence-electron chi connectivity index (χ2n) is 5.27. The summed E-state index contributed by atoms with van der Waals surface area (Å²) in [7, 11) is 1.63. The fourth-order valence-electron chi connectivity index (χ4n) is 2.16. The molecule has 7 heteroatoms. The van der Waals surface area contributed by atoms with E-state index in [-0.39, 0.29) is 5.56 Å². The normalized spacial score (nSPS) is 11.2. The quantitative estimate of drug-likeness (QED) is 0.830. The number of nitrogens with one attached hydrogen (secondary N) is 1. The first-order chi connectivity index (χ1) is 10.0. The maximum Gasteiger partial charge on any atom is 0.261 e. The third-order valence-corrected chi connectivity index (χ3v) is 3.41. The minimum absolute atomic E-state index is 0.0566. The Hall–Kier alpha value is -1.73. The zero-order valence-electron chi connectivity index (χ0n) is 12.5. The second-order valence-corrected chi connectivity index (χ2v) is 5.66. The number of hydrogen-bond acceptors (Lipinski definition) is 4. The molecule has 0 saturated heterocycles. The summed E-state index contributed by atoms with van der Waals surface area (Å²) in [4.78, 5) is 12.6. The van der Waals surface area contributed by atoms with Crippen LogP contribution >= 0.6 is 12.2 Å². The van der Waals surface area contributed by atoms with Crippen molar-refractivity contribution in [2.45, 2.75) is 26.9 Å². The van der Waals surface area contributed by atoms with Crippen molar-refractivity contribution in [3.63, 3.8) is 0 Å². The SMILES string of the molecule is COCCn1c(-c2cccn(CC(C)C)c2=O)n[nH]c1=S. The molecule has 114 valence electrons. The van der Waals surface area contributed by atoms with Crippen molar-refractivity contribution < 1.29 is 4.74 Å². The van der Waals surface area contributed by atoms with Crippen LogP contribution in [0.4, 0.5) is 0 Å². The Morgan fingerprint density at radius 3 is 2.90 bits per heavy atom. The minimum Gasteiger partial charge on any atom is -0.383 e. The Bertz CT molecular complexity index is 714. The van der Waals surface area contributed by atoms with Crippen molar-refractivity contribution in [1.82, 2.24) is 19.3 Å². The fourth-order valence-corrected chi connectivity index (χ4v) is 2.38. The standard InChI is InChI=1S/C14H20N4O2S/c1-10(2)9-17-6-4-5-11(13(17)19)12-15-16-14(21)18(12)7-8-20-3/h4-6,10H,7-9H2,1-3H3,(H,16,21). The largest absolute Gasteiger partial charge is 0.383 e. The van der Waals surface area contributed by atoms with Gasteiger partial charge in [0.2, 0.25) is 0 Å². The summed E-state index contributed by atoms with van der Waals surface area (Å²) in [6.07, 6.45) is 1.80. The van der Waals surface area contributed by atoms with Crippen LogP contribution in [0.3, 0.4) is 0 Å². The van der Waals surface area contributed by atoms with Gasteiger partial charge in [-0.2, -0.15) is 5.10 Å². The van der Waals surface area contributed by atoms with Gasteiger partial charge < -0.3 is 9.30 Å². The van der Waals surface area contributed by atoms with Crippen LogP contribution in [0.2, 0.25) is 0 Å². The number of aromatic amines is 1. The van der Waals surface area contributed by atoms with Crippen molar-refractivity contribution in [2.24, 2.45) is 5.92 Å². The number of methoxy groups -OCH3 is 1. The smallest absolute Gasteiger partial charge is 0.261 e. The average molecular weight is 308 g/mol. The van der Waals surface area contributed by atoms with E-state index in [9.17, 15) is 4.79 Å². The van der Waals surface area contributed by atoms with E-state index in [1.54, 1.807) is 28.5 Å². The topological polar surface area (TPSA) is 64.8 Å². The van der Waals surface area contributed by atoms with Gasteiger partial charge in [0, 0.05) is 19.9 Å². The maximum atomic E-state index is 12.6. The highest BCUT2D eigenvalue weighted by Crippen LogP contribution is 2.13. The van der Waals surface area contributed by atoms with E-state index in [1.165, 1.54) is 0 Å². The Morgan fingerprint density at radius 1 is 1.48 bits per heavy atom. The summed E-state index contributed by atoms with van der Waals surface area (Å²) in [5.41, 5.74) is 0.487. The number of aromatic nitrogens is 4. The molecule has 2 rings (SSSR count). The molecule has 2 heterocycles. The Balaban J connectivity index is 2.48. The molecule has 0 aromatic carbocycles. The maximum absolute atomic E-state index is 12.6. The predicted octanol–water partition coefficient (Wildman–Crippen LogP) is 2.07. The Morgan fingerprint density at radius 2 is 2.24 bits per heavy atom. The lowest BCUT2D eigenvalue weighted by Crippen LogP contribution is -2.24. The molecule has 21 heavy (non-hydrogen) atoms. The highest BCUT2D eigenvalue weighted by Gasteiger charge is 2.14. The highest BCUT2D eigenvalue weighted by molar-refractivity contribution is 7.71. The summed E-state index contributed by atoms with van der Waals surface area (Å²) in [6, 6.07) is 3.63. The third-order valence-electron chi connectivity index (χ3n) is 3.10. The van der Waals surface area contributed by atoms with Crippen LogP contribution in [-0.2, 0) is 17.8 Å². The molecule has 0 spiro atoms. The van der Waals surface area contributed by atoms with Gasteiger partial charge in [0.15, 0.2) is 10.6 Å². The van der Waals surface area contributed by atoms with E-state index in [2.05, 4.69) is 24.0 Å². The van der Waals surface area contributed by atoms with E-state index in [1.807, 2.05) is 6.07 Å². The van der Waals surface area contributed by atoms with Crippen molar-refractivity contribution >= 4 is 12.2 Å². The first-order valence-electron chi connectivity index (χ1n) is 6.88. The molecule has 2 aromatic heterocycles. The van der Waals surface area contributed by atoms with E-state index in [0.29, 0.717) is 41.8 Å². The molecule has 0 unspecified atom stereocenters. The summed E-state index contributed by atoms with van der Waals surface area (Å²) in [6.45, 7) is 5.89. The molecule has 0 fully saturated rings. The van der Waals surface area contributed by atoms with Crippen LogP contribution in [0.15, 0.2) is 23.1 Å². The van der Waals surface area contributed by atoms with Crippen LogP contribution in [0.25, 0.3) is 11.4 Å². The number of H-pyrrole nitrogens is 1. The predicted molar refractivity (Wildman–Crippen MR) is 83.8 cm³/mol. The highest BCUT2D eigenvalue weighted by atomic mass is 32.1. The van der Waals surface area contributed by atoms with Gasteiger partial charge in [0.25, 0.3) is 5.56 Å². The third kappa shape index (κ3) is 3.48. The molecule has 0 saturated carbocycles. The Labute approximate surface area is 128 Å². The number of ether oxygens (including phenoxy) is 1. The monoisotopic (exact) mass is 308 g/mol. The Kier molecular flexibility index (Phi) is 5.08. The first-order valence-corrected chi connectivity index (χ1v) is 7.29. The zero-order valence-corrected chi connectivity index (χ0v) is 13.3. The van der Waals surface area contributed by atoms with E-state index >= 15 is 0 Å². The molecule has 0 radical (unpaired) electrons. The second kappa shape index (κ2) is 6.82. The van der Waals surface area contributed by atoms with Crippen LogP contribution in [0, 0.1) is 10.7 Å². The fraction of sp³-hybridized carbons (Fsp3) is 0.500. The molecular formula is C14H20N4O2S. The average Bonchev–Trinajstić information content (AvgIpc) is 2.79. The first kappa shape index (κ1) is 15.7. The van der Waals surface area contributed by atoms with Crippen LogP contribution < -0.4 is 5.56 Å². The summed E-state index contributed by atoms with van der Waals surface area (Å²) >= 11 is 5.21. The lowest BCUT2D eigenvalue weighted by atomic mass is 10.2. The minimum atomic E-state index is -0.0566. The molecule has 0 amide bonds. The molecule has 0 bridgehead atoms. The van der Waals surface area contributed by atoms with Crippen molar-refractivity contribution in [3.8, 4) is 11.4 Å². The van der Waals surface area contributed by atoms with Crippen LogP contribution in [0.1, 0.15) is 13.8 Å². The van der Waals surface area contributed by atoms with Gasteiger partial charge in [-0.3, -0.25) is 14.5 Å². The van der Waals surface area contributed by atoms with Crippen LogP contribution in [-0.4, -0.2) is 33.0 Å². The summed E-state index contributed by atoms with van der Waals surface area (Å²) < 4.78 is 9.06. The van der Waals surface area contributed by atoms with Gasteiger partial charge >= 0.3 is 0 Å². The van der Waals surface area contributed by atoms with Gasteiger partial charge in [-0.15, -0.1) is 0 Å². The molecule has 0 aliphatic carbocycles. The molecule has 1 N–H and O–H groups in total. The van der Waals surface area contributed by atoms with Crippen LogP contribution in [0.5, 0.6) is 0 Å². The lowest BCUT2D eigenvalue weighted by Gasteiger charge is -2.11. The summed E-state index contributed by atoms with van der Waals surface area (Å²) in [5.74, 6) is 0.951. The van der Waals surface area contributed by atoms with Gasteiger partial charge in [0.05, 0.1) is 18.7 Å². The summed E-state index contributed by atoms with van der Waals surface area (Å²) in [5, 5.41) is 6.94. The van der Waals surface area contributed by atoms with Crippen molar-refractivity contribution in [1.29, 1.82) is 0 Å². The van der Waals surface area contributed by atoms with Gasteiger partial charge in [-0.1, -0.05) is 13.8 Å². The van der Waals surface area contributed by atoms with Gasteiger partial charge in [0.1, 0.15) is 0 Å².